The van der Waals surface area contributed by atoms with E-state index in [1.807, 2.05) is 6.92 Å². The van der Waals surface area contributed by atoms with Gasteiger partial charge < -0.3 is 9.47 Å². The molecule has 0 N–H and O–H groups in total. The molecule has 0 saturated heterocycles. The highest BCUT2D eigenvalue weighted by Gasteiger charge is 2.39. The van der Waals surface area contributed by atoms with Gasteiger partial charge >= 0.3 is 13.3 Å². The minimum Gasteiger partial charge on any atom is -0.496 e. The van der Waals surface area contributed by atoms with E-state index >= 15 is 0 Å². The molecular weight excluding hydrogens is 299 g/mol. The van der Waals surface area contributed by atoms with Crippen molar-refractivity contribution in [2.75, 3.05) is 20.4 Å². The number of hydrogen-bond donors (Lipinski definition) is 0. The average molecular weight is 325 g/mol. The Hall–Kier alpha value is -1.41. The van der Waals surface area contributed by atoms with Gasteiger partial charge in [-0.15, -0.1) is 0 Å². The van der Waals surface area contributed by atoms with E-state index in [4.69, 9.17) is 9.47 Å². The van der Waals surface area contributed by atoms with Gasteiger partial charge in [0.15, 0.2) is 11.7 Å². The fourth-order valence-corrected chi connectivity index (χ4v) is 3.74. The van der Waals surface area contributed by atoms with Gasteiger partial charge in [0.05, 0.1) is 14.2 Å². The Morgan fingerprint density at radius 1 is 1.23 bits per heavy atom. The number of rotatable bonds is 8. The monoisotopic (exact) mass is 325 g/mol. The van der Waals surface area contributed by atoms with Gasteiger partial charge in [-0.05, 0) is 17.5 Å². The first-order chi connectivity index (χ1) is 10.3. The van der Waals surface area contributed by atoms with Gasteiger partial charge in [-0.1, -0.05) is 44.7 Å². The third kappa shape index (κ3) is 4.07. The zero-order valence-electron chi connectivity index (χ0n) is 14.3. The van der Waals surface area contributed by atoms with Gasteiger partial charge in [-0.2, -0.15) is 0 Å². The Morgan fingerprint density at radius 3 is 2.14 bits per heavy atom. The molecule has 1 aromatic rings. The molecule has 0 amide bonds. The van der Waals surface area contributed by atoms with Gasteiger partial charge in [-0.25, -0.2) is 4.79 Å². The zero-order chi connectivity index (χ0) is 16.9. The van der Waals surface area contributed by atoms with Crippen molar-refractivity contribution in [3.8, 4) is 11.5 Å². The van der Waals surface area contributed by atoms with Crippen molar-refractivity contribution in [1.82, 2.24) is 0 Å². The molecule has 22 heavy (non-hydrogen) atoms. The number of methoxy groups -OCH3 is 2. The van der Waals surface area contributed by atoms with Crippen LogP contribution >= 0.6 is 7.80 Å². The molecule has 0 fully saturated rings. The molecule has 0 radical (unpaired) electrons. The van der Waals surface area contributed by atoms with Crippen LogP contribution in [0.25, 0.3) is 0 Å². The van der Waals surface area contributed by atoms with Crippen molar-refractivity contribution >= 4 is 13.3 Å². The Balaban J connectivity index is 3.04. The third-order valence-corrected chi connectivity index (χ3v) is 6.11. The Bertz CT molecular complexity index is 529. The van der Waals surface area contributed by atoms with Gasteiger partial charge in [-0.3, -0.25) is 0 Å². The van der Waals surface area contributed by atoms with Gasteiger partial charge in [0.1, 0.15) is 11.5 Å². The number of carbonyl (C=O) groups is 1. The fourth-order valence-electron chi connectivity index (χ4n) is 2.11. The Morgan fingerprint density at radius 2 is 1.73 bits per heavy atom. The molecule has 0 aliphatic rings. The molecule has 4 nitrogen and oxygen atoms in total. The summed E-state index contributed by atoms with van der Waals surface area (Å²) in [4.78, 5) is 12.6. The molecule has 0 saturated carbocycles. The van der Waals surface area contributed by atoms with E-state index in [9.17, 15) is 9.36 Å². The number of carbonyl (C=O) groups excluding carboxylic acids is 1. The van der Waals surface area contributed by atoms with Crippen molar-refractivity contribution in [3.05, 3.63) is 23.8 Å². The lowest BCUT2D eigenvalue weighted by molar-refractivity contribution is 0.107. The second-order valence-electron chi connectivity index (χ2n) is 6.15. The highest BCUT2D eigenvalue weighted by Crippen LogP contribution is 2.42. The van der Waals surface area contributed by atoms with E-state index in [1.54, 1.807) is 18.2 Å². The normalized spacial score (nSPS) is 13.5. The van der Waals surface area contributed by atoms with Crippen LogP contribution in [0.3, 0.4) is 0 Å². The lowest BCUT2D eigenvalue weighted by Crippen LogP contribution is -2.23. The maximum Gasteiger partial charge on any atom is 0.420 e. The molecule has 2 unspecified atom stereocenters. The first-order valence-corrected chi connectivity index (χ1v) is 8.93. The summed E-state index contributed by atoms with van der Waals surface area (Å²) in [5, 5.41) is 0. The highest BCUT2D eigenvalue weighted by molar-refractivity contribution is 7.64. The van der Waals surface area contributed by atoms with E-state index in [0.29, 0.717) is 17.7 Å². The smallest absolute Gasteiger partial charge is 0.420 e. The summed E-state index contributed by atoms with van der Waals surface area (Å²) in [5.41, 5.74) is -0.0750. The maximum absolute atomic E-state index is 12.6. The predicted molar refractivity (Wildman–Crippen MR) is 89.6 cm³/mol. The van der Waals surface area contributed by atoms with Crippen LogP contribution in [-0.2, 0) is 4.57 Å². The molecule has 0 heterocycles. The summed E-state index contributed by atoms with van der Waals surface area (Å²) in [7, 11) is 0.955. The maximum atomic E-state index is 12.6. The van der Waals surface area contributed by atoms with Crippen molar-refractivity contribution in [3.63, 3.8) is 0 Å². The molecule has 0 aliphatic heterocycles. The lowest BCUT2D eigenvalue weighted by atomic mass is 9.79. The minimum atomic E-state index is -2.02. The van der Waals surface area contributed by atoms with Crippen LogP contribution in [0, 0.1) is 11.3 Å². The van der Waals surface area contributed by atoms with Crippen LogP contribution < -0.4 is 9.47 Å². The van der Waals surface area contributed by atoms with Crippen LogP contribution in [0.2, 0.25) is 0 Å². The summed E-state index contributed by atoms with van der Waals surface area (Å²) in [5.74, 6) is 0.982. The molecule has 0 bridgehead atoms. The van der Waals surface area contributed by atoms with E-state index in [1.165, 1.54) is 14.2 Å². The quantitative estimate of drug-likeness (QED) is 0.648. The first-order valence-electron chi connectivity index (χ1n) is 7.48. The lowest BCUT2D eigenvalue weighted by Gasteiger charge is -2.27. The van der Waals surface area contributed by atoms with Crippen LogP contribution in [0.15, 0.2) is 18.2 Å². The molecule has 1 aromatic carbocycles. The van der Waals surface area contributed by atoms with E-state index in [-0.39, 0.29) is 16.9 Å². The molecule has 0 aliphatic carbocycles. The summed E-state index contributed by atoms with van der Waals surface area (Å²) >= 11 is 0. The summed E-state index contributed by atoms with van der Waals surface area (Å²) in [6.07, 6.45) is 1.35. The topological polar surface area (TPSA) is 52.6 Å². The van der Waals surface area contributed by atoms with Crippen LogP contribution in [-0.4, -0.2) is 25.9 Å². The van der Waals surface area contributed by atoms with Crippen molar-refractivity contribution in [2.24, 2.45) is 11.3 Å². The summed E-state index contributed by atoms with van der Waals surface area (Å²) in [6.45, 7) is 8.42. The molecule has 0 spiro atoms. The second kappa shape index (κ2) is 7.73. The SMILES string of the molecule is CCC(C)(C)C(C)C[P+](=O)C(=O)c1c(OC)cccc1OC. The number of benzene rings is 1. The second-order valence-corrected chi connectivity index (χ2v) is 7.68. The fraction of sp³-hybridized carbons (Fsp3) is 0.588. The molecule has 0 aromatic heterocycles. The van der Waals surface area contributed by atoms with Crippen molar-refractivity contribution in [2.45, 2.75) is 34.1 Å². The Labute approximate surface area is 134 Å². The Kier molecular flexibility index (Phi) is 6.55. The summed E-state index contributed by atoms with van der Waals surface area (Å²) in [6, 6.07) is 5.10. The first kappa shape index (κ1) is 18.6. The van der Waals surface area contributed by atoms with Gasteiger partial charge in [0, 0.05) is 5.92 Å². The predicted octanol–water partition coefficient (Wildman–Crippen LogP) is 4.74. The molecule has 2 atom stereocenters. The molecule has 1 rings (SSSR count). The number of hydrogen-bond acceptors (Lipinski definition) is 4. The largest absolute Gasteiger partial charge is 0.496 e. The third-order valence-electron chi connectivity index (χ3n) is 4.55. The van der Waals surface area contributed by atoms with Crippen LogP contribution in [0.1, 0.15) is 44.5 Å². The standard InChI is InChI=1S/C17H26O4P/c1-7-17(3,4)12(2)11-22(19)16(18)15-13(20-5)9-8-10-14(15)21-6/h8-10,12H,7,11H2,1-6H3/q+1. The molecule has 122 valence electrons. The van der Waals surface area contributed by atoms with Gasteiger partial charge in [0.25, 0.3) is 0 Å². The van der Waals surface area contributed by atoms with E-state index in [0.717, 1.165) is 6.42 Å². The number of ether oxygens (including phenoxy) is 2. The van der Waals surface area contributed by atoms with Crippen molar-refractivity contribution in [1.29, 1.82) is 0 Å². The zero-order valence-corrected chi connectivity index (χ0v) is 15.2. The minimum absolute atomic E-state index is 0.0517. The van der Waals surface area contributed by atoms with Crippen LogP contribution in [0.5, 0.6) is 11.5 Å². The van der Waals surface area contributed by atoms with E-state index < -0.39 is 13.3 Å². The van der Waals surface area contributed by atoms with Crippen molar-refractivity contribution < 1.29 is 18.8 Å². The van der Waals surface area contributed by atoms with Gasteiger partial charge in [0.2, 0.25) is 0 Å². The average Bonchev–Trinajstić information content (AvgIpc) is 2.52. The molecule has 5 heteroatoms. The van der Waals surface area contributed by atoms with E-state index in [2.05, 4.69) is 20.8 Å². The molecular formula is C17H26O4P+. The summed E-state index contributed by atoms with van der Waals surface area (Å²) < 4.78 is 23.0. The van der Waals surface area contributed by atoms with Crippen LogP contribution in [0.4, 0.5) is 0 Å². The highest BCUT2D eigenvalue weighted by atomic mass is 31.1.